The fourth-order valence-corrected chi connectivity index (χ4v) is 3.96. The molecule has 0 radical (unpaired) electrons. The fraction of sp³-hybridized carbons (Fsp3) is 0.222. The summed E-state index contributed by atoms with van der Waals surface area (Å²) in [6.45, 7) is 0. The summed E-state index contributed by atoms with van der Waals surface area (Å²) < 4.78 is 10.7. The zero-order valence-corrected chi connectivity index (χ0v) is 19.4. The van der Waals surface area contributed by atoms with Gasteiger partial charge in [0.1, 0.15) is 5.82 Å². The average molecular weight is 444 g/mol. The Bertz CT molecular complexity index is 1210. The summed E-state index contributed by atoms with van der Waals surface area (Å²) in [7, 11) is 7.10. The van der Waals surface area contributed by atoms with Gasteiger partial charge in [-0.1, -0.05) is 48.5 Å². The molecule has 0 atom stereocenters. The summed E-state index contributed by atoms with van der Waals surface area (Å²) >= 11 is 0. The topological polar surface area (TPSA) is 70.6 Å². The van der Waals surface area contributed by atoms with Crippen molar-refractivity contribution in [1.29, 1.82) is 0 Å². The number of nitrogens with one attached hydrogen (secondary N) is 1. The van der Waals surface area contributed by atoms with Crippen LogP contribution in [0.15, 0.2) is 66.7 Å². The predicted octanol–water partition coefficient (Wildman–Crippen LogP) is 5.32. The fourth-order valence-electron chi connectivity index (χ4n) is 3.96. The van der Waals surface area contributed by atoms with Crippen LogP contribution >= 0.6 is 0 Å². The van der Waals surface area contributed by atoms with E-state index in [2.05, 4.69) is 46.3 Å². The number of aromatic nitrogens is 2. The van der Waals surface area contributed by atoms with Gasteiger partial charge >= 0.3 is 0 Å². The number of nitrogens with zero attached hydrogens (tertiary/aromatic N) is 2. The first-order chi connectivity index (χ1) is 16.0. The molecule has 0 fully saturated rings. The number of anilines is 1. The number of aromatic hydroxyl groups is 1. The highest BCUT2D eigenvalue weighted by atomic mass is 16.5. The molecule has 0 spiro atoms. The monoisotopic (exact) mass is 443 g/mol. The molecule has 1 heterocycles. The lowest BCUT2D eigenvalue weighted by Crippen LogP contribution is -2.10. The van der Waals surface area contributed by atoms with Gasteiger partial charge in [-0.15, -0.1) is 0 Å². The van der Waals surface area contributed by atoms with E-state index in [0.717, 1.165) is 41.0 Å². The maximum atomic E-state index is 10.3. The van der Waals surface area contributed by atoms with E-state index < -0.39 is 0 Å². The second kappa shape index (κ2) is 9.69. The highest BCUT2D eigenvalue weighted by Gasteiger charge is 2.19. The van der Waals surface area contributed by atoms with E-state index >= 15 is 0 Å². The number of para-hydroxylation sites is 1. The number of benzene rings is 3. The molecule has 170 valence electrons. The van der Waals surface area contributed by atoms with E-state index in [-0.39, 0.29) is 5.75 Å². The van der Waals surface area contributed by atoms with Gasteiger partial charge in [-0.25, -0.2) is 4.98 Å². The van der Waals surface area contributed by atoms with Gasteiger partial charge in [0.2, 0.25) is 5.75 Å². The highest BCUT2D eigenvalue weighted by molar-refractivity contribution is 5.79. The van der Waals surface area contributed by atoms with Crippen LogP contribution in [0.1, 0.15) is 11.3 Å². The van der Waals surface area contributed by atoms with Crippen LogP contribution < -0.4 is 14.4 Å². The van der Waals surface area contributed by atoms with Gasteiger partial charge in [-0.2, -0.15) is 0 Å². The summed E-state index contributed by atoms with van der Waals surface area (Å²) in [6, 6.07) is 22.2. The van der Waals surface area contributed by atoms with Gasteiger partial charge in [0.05, 0.1) is 19.9 Å². The molecule has 0 aliphatic heterocycles. The van der Waals surface area contributed by atoms with Gasteiger partial charge in [0, 0.05) is 36.6 Å². The van der Waals surface area contributed by atoms with E-state index in [1.54, 1.807) is 12.1 Å². The molecule has 6 heteroatoms. The Balaban J connectivity index is 1.82. The molecule has 4 rings (SSSR count). The first kappa shape index (κ1) is 22.3. The van der Waals surface area contributed by atoms with Crippen LogP contribution in [0.5, 0.6) is 17.2 Å². The number of phenols is 1. The van der Waals surface area contributed by atoms with E-state index in [1.165, 1.54) is 19.8 Å². The predicted molar refractivity (Wildman–Crippen MR) is 132 cm³/mol. The zero-order valence-electron chi connectivity index (χ0n) is 19.4. The molecule has 4 aromatic rings. The number of aromatic amines is 1. The maximum absolute atomic E-state index is 10.3. The number of rotatable bonds is 8. The zero-order chi connectivity index (χ0) is 23.4. The van der Waals surface area contributed by atoms with E-state index in [1.807, 2.05) is 32.3 Å². The van der Waals surface area contributed by atoms with Crippen molar-refractivity contribution < 1.29 is 14.6 Å². The third kappa shape index (κ3) is 4.65. The molecule has 0 aliphatic rings. The lowest BCUT2D eigenvalue weighted by molar-refractivity contribution is 0.340. The smallest absolute Gasteiger partial charge is 0.200 e. The number of hydrogen-bond acceptors (Lipinski definition) is 5. The van der Waals surface area contributed by atoms with E-state index in [0.29, 0.717) is 17.3 Å². The summed E-state index contributed by atoms with van der Waals surface area (Å²) in [5.41, 5.74) is 6.16. The Hall–Kier alpha value is -3.93. The number of methoxy groups -OCH3 is 2. The second-order valence-corrected chi connectivity index (χ2v) is 8.04. The van der Waals surface area contributed by atoms with Gasteiger partial charge < -0.3 is 24.5 Å². The van der Waals surface area contributed by atoms with Crippen LogP contribution in [0.3, 0.4) is 0 Å². The summed E-state index contributed by atoms with van der Waals surface area (Å²) in [5.74, 6) is 1.33. The lowest BCUT2D eigenvalue weighted by Gasteiger charge is -2.17. The van der Waals surface area contributed by atoms with E-state index in [4.69, 9.17) is 14.5 Å². The number of phenolic OH excluding ortho intramolecular Hbond substituents is 1. The molecule has 0 saturated heterocycles. The van der Waals surface area contributed by atoms with Crippen molar-refractivity contribution in [2.24, 2.45) is 0 Å². The van der Waals surface area contributed by atoms with Crippen LogP contribution in [0, 0.1) is 0 Å². The molecule has 0 aliphatic carbocycles. The van der Waals surface area contributed by atoms with Crippen molar-refractivity contribution in [1.82, 2.24) is 9.97 Å². The maximum Gasteiger partial charge on any atom is 0.200 e. The minimum absolute atomic E-state index is 0.0298. The van der Waals surface area contributed by atoms with Gasteiger partial charge in [0.15, 0.2) is 11.5 Å². The standard InChI is InChI=1S/C27H29N3O3/c1-30(2)22-13-9-8-12-20(22)25-21(15-14-18-10-6-5-7-11-18)28-27(29-25)19-16-23(32-3)26(31)24(17-19)33-4/h5-13,16-17,31H,14-15H2,1-4H3,(H,28,29). The molecular weight excluding hydrogens is 414 g/mol. The van der Waals surface area contributed by atoms with Crippen LogP contribution in [0.25, 0.3) is 22.6 Å². The number of hydrogen-bond donors (Lipinski definition) is 2. The SMILES string of the molecule is COc1cc(-c2nc(-c3ccccc3N(C)C)c(CCc3ccccc3)[nH]2)cc(OC)c1O. The molecule has 0 saturated carbocycles. The molecule has 0 unspecified atom stereocenters. The normalized spacial score (nSPS) is 10.8. The molecular formula is C27H29N3O3. The van der Waals surface area contributed by atoms with Crippen molar-refractivity contribution in [3.05, 3.63) is 78.0 Å². The molecule has 0 amide bonds. The number of H-pyrrole nitrogens is 1. The van der Waals surface area contributed by atoms with Gasteiger partial charge in [0.25, 0.3) is 0 Å². The van der Waals surface area contributed by atoms with Crippen molar-refractivity contribution in [3.8, 4) is 39.9 Å². The summed E-state index contributed by atoms with van der Waals surface area (Å²) in [4.78, 5) is 10.6. The Morgan fingerprint density at radius 3 is 2.15 bits per heavy atom. The van der Waals surface area contributed by atoms with Crippen molar-refractivity contribution >= 4 is 5.69 Å². The van der Waals surface area contributed by atoms with Crippen molar-refractivity contribution in [2.45, 2.75) is 12.8 Å². The molecule has 1 aromatic heterocycles. The number of imidazole rings is 1. The minimum Gasteiger partial charge on any atom is -0.502 e. The lowest BCUT2D eigenvalue weighted by atomic mass is 10.0. The Kier molecular flexibility index (Phi) is 6.54. The van der Waals surface area contributed by atoms with Crippen LogP contribution in [-0.4, -0.2) is 43.4 Å². The molecule has 33 heavy (non-hydrogen) atoms. The van der Waals surface area contributed by atoms with Crippen molar-refractivity contribution in [2.75, 3.05) is 33.2 Å². The Morgan fingerprint density at radius 2 is 1.52 bits per heavy atom. The first-order valence-electron chi connectivity index (χ1n) is 10.9. The Labute approximate surface area is 194 Å². The first-order valence-corrected chi connectivity index (χ1v) is 10.9. The molecule has 6 nitrogen and oxygen atoms in total. The van der Waals surface area contributed by atoms with Gasteiger partial charge in [-0.05, 0) is 36.6 Å². The number of ether oxygens (including phenoxy) is 2. The second-order valence-electron chi connectivity index (χ2n) is 8.04. The number of aryl methyl sites for hydroxylation is 2. The average Bonchev–Trinajstić information content (AvgIpc) is 3.27. The van der Waals surface area contributed by atoms with Crippen molar-refractivity contribution in [3.63, 3.8) is 0 Å². The van der Waals surface area contributed by atoms with Crippen LogP contribution in [0.2, 0.25) is 0 Å². The highest BCUT2D eigenvalue weighted by Crippen LogP contribution is 2.41. The summed E-state index contributed by atoms with van der Waals surface area (Å²) in [5, 5.41) is 10.3. The molecule has 3 aromatic carbocycles. The quantitative estimate of drug-likeness (QED) is 0.386. The van der Waals surface area contributed by atoms with Crippen LogP contribution in [0.4, 0.5) is 5.69 Å². The largest absolute Gasteiger partial charge is 0.502 e. The Morgan fingerprint density at radius 1 is 0.879 bits per heavy atom. The molecule has 2 N–H and O–H groups in total. The summed E-state index contributed by atoms with van der Waals surface area (Å²) in [6.07, 6.45) is 1.70. The minimum atomic E-state index is -0.0298. The third-order valence-electron chi connectivity index (χ3n) is 5.68. The molecule has 0 bridgehead atoms. The van der Waals surface area contributed by atoms with Crippen LogP contribution in [-0.2, 0) is 12.8 Å². The van der Waals surface area contributed by atoms with Gasteiger partial charge in [-0.3, -0.25) is 0 Å². The van der Waals surface area contributed by atoms with E-state index in [9.17, 15) is 5.11 Å². The third-order valence-corrected chi connectivity index (χ3v) is 5.68.